The van der Waals surface area contributed by atoms with Gasteiger partial charge >= 0.3 is 0 Å². The highest BCUT2D eigenvalue weighted by Gasteiger charge is 2.29. The van der Waals surface area contributed by atoms with Crippen molar-refractivity contribution in [2.45, 2.75) is 39.7 Å². The molecule has 4 rings (SSSR count). The lowest BCUT2D eigenvalue weighted by atomic mass is 9.96. The predicted octanol–water partition coefficient (Wildman–Crippen LogP) is 5.05. The Morgan fingerprint density at radius 3 is 2.50 bits per heavy atom. The Balaban J connectivity index is 1.93. The zero-order chi connectivity index (χ0) is 18.3. The minimum atomic E-state index is 0.429. The number of benzene rings is 2. The molecule has 0 aliphatic carbocycles. The van der Waals surface area contributed by atoms with Crippen LogP contribution in [0.3, 0.4) is 0 Å². The van der Waals surface area contributed by atoms with Crippen LogP contribution in [0.5, 0.6) is 0 Å². The van der Waals surface area contributed by atoms with Crippen molar-refractivity contribution in [3.05, 3.63) is 70.4 Å². The van der Waals surface area contributed by atoms with E-state index in [1.54, 1.807) is 0 Å². The molecule has 0 amide bonds. The molecule has 0 radical (unpaired) electrons. The standard InChI is InChI=1S/C24H26N2/c1-5-22-24-20(13-14-25(22)4)21-16-18(3)8-11-23(21)26(24)15-12-19-9-6-17(2)7-10-19/h6-11,16,22H,5,13-14H2,1-4H3. The van der Waals surface area contributed by atoms with Crippen LogP contribution in [-0.4, -0.2) is 23.1 Å². The summed E-state index contributed by atoms with van der Waals surface area (Å²) < 4.78 is 2.26. The van der Waals surface area contributed by atoms with Crippen LogP contribution in [0.1, 0.15) is 47.3 Å². The van der Waals surface area contributed by atoms with Gasteiger partial charge in [-0.1, -0.05) is 36.2 Å². The first kappa shape index (κ1) is 16.9. The van der Waals surface area contributed by atoms with Gasteiger partial charge in [0.1, 0.15) is 0 Å². The van der Waals surface area contributed by atoms with Crippen LogP contribution in [0.15, 0.2) is 42.5 Å². The summed E-state index contributed by atoms with van der Waals surface area (Å²) in [5.74, 6) is 3.39. The molecule has 1 aromatic heterocycles. The number of rotatable bonds is 1. The lowest BCUT2D eigenvalue weighted by molar-refractivity contribution is 0.219. The molecule has 1 aliphatic heterocycles. The van der Waals surface area contributed by atoms with Gasteiger partial charge in [-0.2, -0.15) is 0 Å². The van der Waals surface area contributed by atoms with E-state index in [2.05, 4.69) is 91.7 Å². The molecule has 0 bridgehead atoms. The summed E-state index contributed by atoms with van der Waals surface area (Å²) in [4.78, 5) is 2.47. The Morgan fingerprint density at radius 1 is 1.04 bits per heavy atom. The number of aryl methyl sites for hydroxylation is 2. The Kier molecular flexibility index (Phi) is 4.34. The fourth-order valence-corrected chi connectivity index (χ4v) is 4.14. The highest BCUT2D eigenvalue weighted by atomic mass is 15.2. The molecule has 0 spiro atoms. The van der Waals surface area contributed by atoms with Gasteiger partial charge in [0.15, 0.2) is 0 Å². The molecule has 1 unspecified atom stereocenters. The quantitative estimate of drug-likeness (QED) is 0.562. The summed E-state index contributed by atoms with van der Waals surface area (Å²) in [7, 11) is 2.23. The average Bonchev–Trinajstić information content (AvgIpc) is 2.94. The number of hydrogen-bond acceptors (Lipinski definition) is 1. The third-order valence-electron chi connectivity index (χ3n) is 5.58. The van der Waals surface area contributed by atoms with E-state index in [0.717, 1.165) is 24.9 Å². The molecule has 2 heteroatoms. The Labute approximate surface area is 156 Å². The largest absolute Gasteiger partial charge is 0.298 e. The normalized spacial score (nSPS) is 17.0. The lowest BCUT2D eigenvalue weighted by Crippen LogP contribution is -2.32. The summed E-state index contributed by atoms with van der Waals surface area (Å²) in [6.07, 6.45) is 2.20. The smallest absolute Gasteiger partial charge is 0.0618 e. The number of likely N-dealkylation sites (N-methyl/N-ethyl adjacent to an activating group) is 1. The van der Waals surface area contributed by atoms with E-state index in [9.17, 15) is 0 Å². The minimum Gasteiger partial charge on any atom is -0.298 e. The maximum absolute atomic E-state index is 3.48. The van der Waals surface area contributed by atoms with Crippen LogP contribution in [0.25, 0.3) is 10.9 Å². The van der Waals surface area contributed by atoms with Crippen molar-refractivity contribution < 1.29 is 0 Å². The van der Waals surface area contributed by atoms with Gasteiger partial charge in [-0.25, -0.2) is 0 Å². The molecule has 132 valence electrons. The van der Waals surface area contributed by atoms with Crippen molar-refractivity contribution in [1.82, 2.24) is 9.47 Å². The molecule has 0 saturated carbocycles. The predicted molar refractivity (Wildman–Crippen MR) is 109 cm³/mol. The number of hydrogen-bond donors (Lipinski definition) is 0. The van der Waals surface area contributed by atoms with Crippen LogP contribution in [0.2, 0.25) is 0 Å². The van der Waals surface area contributed by atoms with Gasteiger partial charge in [-0.05, 0) is 69.5 Å². The van der Waals surface area contributed by atoms with E-state index in [4.69, 9.17) is 0 Å². The molecule has 2 nitrogen and oxygen atoms in total. The van der Waals surface area contributed by atoms with Crippen molar-refractivity contribution in [1.29, 1.82) is 0 Å². The topological polar surface area (TPSA) is 8.17 Å². The minimum absolute atomic E-state index is 0.429. The number of fused-ring (bicyclic) bond motifs is 3. The summed E-state index contributed by atoms with van der Waals surface area (Å²) in [6, 6.07) is 19.1. The molecular weight excluding hydrogens is 316 g/mol. The highest BCUT2D eigenvalue weighted by Crippen LogP contribution is 2.37. The molecule has 0 fully saturated rings. The summed E-state index contributed by atoms with van der Waals surface area (Å²) >= 11 is 0. The fraction of sp³-hybridized carbons (Fsp3) is 0.333. The van der Waals surface area contributed by atoms with Gasteiger partial charge in [0.25, 0.3) is 0 Å². The second-order valence-corrected chi connectivity index (χ2v) is 7.48. The number of aromatic nitrogens is 1. The Morgan fingerprint density at radius 2 is 1.77 bits per heavy atom. The summed E-state index contributed by atoms with van der Waals surface area (Å²) in [6.45, 7) is 7.67. The van der Waals surface area contributed by atoms with Gasteiger partial charge in [0.2, 0.25) is 0 Å². The maximum atomic E-state index is 3.48. The van der Waals surface area contributed by atoms with Crippen molar-refractivity contribution in [3.63, 3.8) is 0 Å². The van der Waals surface area contributed by atoms with Gasteiger partial charge in [0, 0.05) is 23.5 Å². The molecule has 1 aliphatic rings. The van der Waals surface area contributed by atoms with E-state index in [1.165, 1.54) is 33.3 Å². The van der Waals surface area contributed by atoms with Crippen LogP contribution >= 0.6 is 0 Å². The molecule has 3 aromatic rings. The molecule has 2 aromatic carbocycles. The second-order valence-electron chi connectivity index (χ2n) is 7.48. The van der Waals surface area contributed by atoms with Crippen molar-refractivity contribution in [2.24, 2.45) is 0 Å². The molecule has 1 atom stereocenters. The van der Waals surface area contributed by atoms with Gasteiger partial charge < -0.3 is 0 Å². The van der Waals surface area contributed by atoms with Crippen molar-refractivity contribution in [2.75, 3.05) is 13.6 Å². The molecule has 0 N–H and O–H groups in total. The van der Waals surface area contributed by atoms with E-state index in [1.807, 2.05) is 0 Å². The number of nitrogens with zero attached hydrogens (tertiary/aromatic N) is 2. The van der Waals surface area contributed by atoms with E-state index >= 15 is 0 Å². The lowest BCUT2D eigenvalue weighted by Gasteiger charge is -2.32. The van der Waals surface area contributed by atoms with E-state index in [0.29, 0.717) is 6.04 Å². The summed E-state index contributed by atoms with van der Waals surface area (Å²) in [5.41, 5.74) is 7.77. The van der Waals surface area contributed by atoms with Crippen molar-refractivity contribution >= 4 is 10.9 Å². The van der Waals surface area contributed by atoms with Crippen LogP contribution in [0.4, 0.5) is 0 Å². The van der Waals surface area contributed by atoms with E-state index < -0.39 is 0 Å². The SMILES string of the molecule is CCC1c2c(c3cc(C)ccc3n2C#Cc2ccc(C)cc2)CCN1C. The fourth-order valence-electron chi connectivity index (χ4n) is 4.14. The second kappa shape index (κ2) is 6.67. The zero-order valence-electron chi connectivity index (χ0n) is 16.1. The molecule has 26 heavy (non-hydrogen) atoms. The van der Waals surface area contributed by atoms with Crippen LogP contribution < -0.4 is 0 Å². The zero-order valence-corrected chi connectivity index (χ0v) is 16.1. The third-order valence-corrected chi connectivity index (χ3v) is 5.58. The van der Waals surface area contributed by atoms with Gasteiger partial charge in [0.05, 0.1) is 17.3 Å². The first-order valence-corrected chi connectivity index (χ1v) is 9.51. The Bertz CT molecular complexity index is 1010. The van der Waals surface area contributed by atoms with Crippen LogP contribution in [-0.2, 0) is 6.42 Å². The highest BCUT2D eigenvalue weighted by molar-refractivity contribution is 5.87. The van der Waals surface area contributed by atoms with Gasteiger partial charge in [-0.15, -0.1) is 0 Å². The average molecular weight is 342 g/mol. The van der Waals surface area contributed by atoms with Crippen molar-refractivity contribution in [3.8, 4) is 12.0 Å². The van der Waals surface area contributed by atoms with E-state index in [-0.39, 0.29) is 0 Å². The first-order chi connectivity index (χ1) is 12.6. The summed E-state index contributed by atoms with van der Waals surface area (Å²) in [5, 5.41) is 1.38. The Hall–Kier alpha value is -2.50. The first-order valence-electron chi connectivity index (χ1n) is 9.51. The molecular formula is C24H26N2. The molecule has 0 saturated heterocycles. The van der Waals surface area contributed by atoms with Gasteiger partial charge in [-0.3, -0.25) is 9.47 Å². The maximum Gasteiger partial charge on any atom is 0.0618 e. The molecule has 2 heterocycles. The monoisotopic (exact) mass is 342 g/mol. The third kappa shape index (κ3) is 2.83. The van der Waals surface area contributed by atoms with Crippen LogP contribution in [0, 0.1) is 25.8 Å².